The van der Waals surface area contributed by atoms with E-state index in [2.05, 4.69) is 10.5 Å². The number of aromatic nitrogens is 1. The van der Waals surface area contributed by atoms with Crippen LogP contribution in [0.25, 0.3) is 22.2 Å². The molecule has 2 N–H and O–H groups in total. The molecule has 0 aliphatic heterocycles. The van der Waals surface area contributed by atoms with Crippen LogP contribution < -0.4 is 10.1 Å². The number of rotatable bonds is 8. The summed E-state index contributed by atoms with van der Waals surface area (Å²) >= 11 is 0. The molecule has 1 atom stereocenters. The Morgan fingerprint density at radius 3 is 2.48 bits per heavy atom. The number of halogens is 3. The second-order valence-electron chi connectivity index (χ2n) is 6.99. The number of fused-ring (bicyclic) bond motifs is 1. The van der Waals surface area contributed by atoms with Crippen LogP contribution in [0.1, 0.15) is 5.56 Å². The zero-order valence-electron chi connectivity index (χ0n) is 16.3. The molecule has 4 aromatic rings. The van der Waals surface area contributed by atoms with Crippen LogP contribution in [0.4, 0.5) is 13.2 Å². The minimum absolute atomic E-state index is 0.00172. The van der Waals surface area contributed by atoms with E-state index in [4.69, 9.17) is 9.26 Å². The predicted molar refractivity (Wildman–Crippen MR) is 109 cm³/mol. The third-order valence-electron chi connectivity index (χ3n) is 4.75. The zero-order valence-corrected chi connectivity index (χ0v) is 16.3. The van der Waals surface area contributed by atoms with Crippen molar-refractivity contribution in [1.29, 1.82) is 0 Å². The van der Waals surface area contributed by atoms with Crippen LogP contribution in [-0.2, 0) is 6.54 Å². The molecule has 1 heterocycles. The molecule has 0 bridgehead atoms. The molecule has 0 aliphatic rings. The van der Waals surface area contributed by atoms with Crippen LogP contribution in [0.15, 0.2) is 65.2 Å². The molecule has 3 aromatic carbocycles. The average Bonchev–Trinajstić information content (AvgIpc) is 3.17. The van der Waals surface area contributed by atoms with Crippen molar-refractivity contribution >= 4 is 11.0 Å². The molecule has 160 valence electrons. The first-order valence-corrected chi connectivity index (χ1v) is 9.61. The topological polar surface area (TPSA) is 67.5 Å². The third kappa shape index (κ3) is 4.87. The van der Waals surface area contributed by atoms with E-state index in [0.29, 0.717) is 22.4 Å². The lowest BCUT2D eigenvalue weighted by atomic mass is 10.1. The number of nitrogens with one attached hydrogen (secondary N) is 1. The fourth-order valence-corrected chi connectivity index (χ4v) is 3.14. The van der Waals surface area contributed by atoms with Gasteiger partial charge in [0.15, 0.2) is 5.58 Å². The van der Waals surface area contributed by atoms with Gasteiger partial charge in [0.25, 0.3) is 0 Å². The SMILES string of the molecule is O[C@H](CNCc1c(F)cccc1F)COc1ccc(-c2noc3cc(F)ccc23)cc1. The van der Waals surface area contributed by atoms with Gasteiger partial charge in [0, 0.05) is 35.7 Å². The lowest BCUT2D eigenvalue weighted by Gasteiger charge is -2.14. The first-order valence-electron chi connectivity index (χ1n) is 9.61. The average molecular weight is 428 g/mol. The molecule has 0 unspecified atom stereocenters. The Balaban J connectivity index is 1.30. The summed E-state index contributed by atoms with van der Waals surface area (Å²) in [7, 11) is 0. The van der Waals surface area contributed by atoms with E-state index in [1.807, 2.05) is 0 Å². The van der Waals surface area contributed by atoms with E-state index in [9.17, 15) is 18.3 Å². The van der Waals surface area contributed by atoms with Crippen LogP contribution in [0.3, 0.4) is 0 Å². The molecular formula is C23H19F3N2O3. The van der Waals surface area contributed by atoms with Gasteiger partial charge in [-0.05, 0) is 48.5 Å². The second kappa shape index (κ2) is 9.20. The monoisotopic (exact) mass is 428 g/mol. The smallest absolute Gasteiger partial charge is 0.170 e. The molecule has 31 heavy (non-hydrogen) atoms. The summed E-state index contributed by atoms with van der Waals surface area (Å²) in [6, 6.07) is 14.9. The number of aliphatic hydroxyl groups is 1. The number of nitrogens with zero attached hydrogens (tertiary/aromatic N) is 1. The predicted octanol–water partition coefficient (Wildman–Crippen LogP) is 4.44. The second-order valence-corrected chi connectivity index (χ2v) is 6.99. The van der Waals surface area contributed by atoms with Crippen LogP contribution in [0.2, 0.25) is 0 Å². The van der Waals surface area contributed by atoms with Crippen molar-refractivity contribution in [2.24, 2.45) is 0 Å². The number of benzene rings is 3. The highest BCUT2D eigenvalue weighted by Gasteiger charge is 2.12. The molecule has 5 nitrogen and oxygen atoms in total. The Hall–Kier alpha value is -3.36. The van der Waals surface area contributed by atoms with Gasteiger partial charge in [-0.3, -0.25) is 0 Å². The fourth-order valence-electron chi connectivity index (χ4n) is 3.14. The minimum atomic E-state index is -0.871. The summed E-state index contributed by atoms with van der Waals surface area (Å²) < 4.78 is 51.2. The van der Waals surface area contributed by atoms with Crippen LogP contribution >= 0.6 is 0 Å². The van der Waals surface area contributed by atoms with Gasteiger partial charge in [-0.1, -0.05) is 11.2 Å². The van der Waals surface area contributed by atoms with Crippen LogP contribution in [-0.4, -0.2) is 29.5 Å². The van der Waals surface area contributed by atoms with Crippen LogP contribution in [0, 0.1) is 17.5 Å². The van der Waals surface area contributed by atoms with Gasteiger partial charge in [-0.25, -0.2) is 13.2 Å². The van der Waals surface area contributed by atoms with Crippen molar-refractivity contribution < 1.29 is 27.5 Å². The van der Waals surface area contributed by atoms with Gasteiger partial charge in [-0.2, -0.15) is 0 Å². The van der Waals surface area contributed by atoms with Crippen LogP contribution in [0.5, 0.6) is 5.75 Å². The molecule has 0 spiro atoms. The fraction of sp³-hybridized carbons (Fsp3) is 0.174. The van der Waals surface area contributed by atoms with Gasteiger partial charge in [0.2, 0.25) is 0 Å². The van der Waals surface area contributed by atoms with E-state index in [1.54, 1.807) is 30.3 Å². The molecule has 0 radical (unpaired) electrons. The Morgan fingerprint density at radius 2 is 1.74 bits per heavy atom. The molecule has 0 saturated carbocycles. The van der Waals surface area contributed by atoms with Gasteiger partial charge in [0.1, 0.15) is 41.6 Å². The summed E-state index contributed by atoms with van der Waals surface area (Å²) in [5.41, 5.74) is 1.65. The summed E-state index contributed by atoms with van der Waals surface area (Å²) in [4.78, 5) is 0. The Labute approximate surface area is 176 Å². The highest BCUT2D eigenvalue weighted by atomic mass is 19.1. The molecule has 8 heteroatoms. The van der Waals surface area contributed by atoms with Crippen molar-refractivity contribution in [3.05, 3.63) is 83.7 Å². The van der Waals surface area contributed by atoms with Crippen molar-refractivity contribution in [2.75, 3.05) is 13.2 Å². The molecule has 0 aliphatic carbocycles. The minimum Gasteiger partial charge on any atom is -0.491 e. The Morgan fingerprint density at radius 1 is 1.00 bits per heavy atom. The molecule has 0 fully saturated rings. The summed E-state index contributed by atoms with van der Waals surface area (Å²) in [6.45, 7) is 0.0609. The molecular weight excluding hydrogens is 409 g/mol. The number of hydrogen-bond acceptors (Lipinski definition) is 5. The normalized spacial score (nSPS) is 12.3. The summed E-state index contributed by atoms with van der Waals surface area (Å²) in [5.74, 6) is -1.14. The van der Waals surface area contributed by atoms with E-state index in [-0.39, 0.29) is 25.3 Å². The van der Waals surface area contributed by atoms with E-state index in [1.165, 1.54) is 30.3 Å². The highest BCUT2D eigenvalue weighted by molar-refractivity contribution is 5.91. The number of ether oxygens (including phenoxy) is 1. The number of aliphatic hydroxyl groups excluding tert-OH is 1. The van der Waals surface area contributed by atoms with Gasteiger partial charge >= 0.3 is 0 Å². The van der Waals surface area contributed by atoms with E-state index in [0.717, 1.165) is 5.56 Å². The first-order chi connectivity index (χ1) is 15.0. The lowest BCUT2D eigenvalue weighted by Crippen LogP contribution is -2.31. The lowest BCUT2D eigenvalue weighted by molar-refractivity contribution is 0.106. The molecule has 0 amide bonds. The van der Waals surface area contributed by atoms with E-state index >= 15 is 0 Å². The van der Waals surface area contributed by atoms with Crippen molar-refractivity contribution in [2.45, 2.75) is 12.6 Å². The quantitative estimate of drug-likeness (QED) is 0.434. The maximum atomic E-state index is 13.6. The third-order valence-corrected chi connectivity index (χ3v) is 4.75. The standard InChI is InChI=1S/C23H19F3N2O3/c24-15-6-9-18-22(10-15)31-28-23(18)14-4-7-17(8-5-14)30-13-16(29)11-27-12-19-20(25)2-1-3-21(19)26/h1-10,16,27,29H,11-13H2/t16-/m1/s1. The summed E-state index contributed by atoms with van der Waals surface area (Å²) in [5, 5.41) is 17.6. The van der Waals surface area contributed by atoms with Gasteiger partial charge in [0.05, 0.1) is 0 Å². The summed E-state index contributed by atoms with van der Waals surface area (Å²) in [6.07, 6.45) is -0.871. The largest absolute Gasteiger partial charge is 0.491 e. The van der Waals surface area contributed by atoms with Crippen molar-refractivity contribution in [1.82, 2.24) is 10.5 Å². The number of hydrogen-bond donors (Lipinski definition) is 2. The first kappa shape index (κ1) is 20.9. The maximum absolute atomic E-state index is 13.6. The van der Waals surface area contributed by atoms with Gasteiger partial charge in [-0.15, -0.1) is 0 Å². The zero-order chi connectivity index (χ0) is 21.8. The Bertz CT molecular complexity index is 1160. The van der Waals surface area contributed by atoms with Gasteiger partial charge < -0.3 is 19.7 Å². The van der Waals surface area contributed by atoms with Crippen molar-refractivity contribution in [3.63, 3.8) is 0 Å². The maximum Gasteiger partial charge on any atom is 0.170 e. The molecule has 0 saturated heterocycles. The highest BCUT2D eigenvalue weighted by Crippen LogP contribution is 2.29. The Kier molecular flexibility index (Phi) is 6.20. The molecule has 1 aromatic heterocycles. The van der Waals surface area contributed by atoms with Crippen molar-refractivity contribution in [3.8, 4) is 17.0 Å². The van der Waals surface area contributed by atoms with E-state index < -0.39 is 23.6 Å². The molecule has 4 rings (SSSR count).